The van der Waals surface area contributed by atoms with Crippen LogP contribution in [-0.2, 0) is 16.1 Å². The van der Waals surface area contributed by atoms with E-state index in [9.17, 15) is 4.79 Å². The Morgan fingerprint density at radius 2 is 1.90 bits per heavy atom. The van der Waals surface area contributed by atoms with Gasteiger partial charge in [-0.2, -0.15) is 0 Å². The van der Waals surface area contributed by atoms with Gasteiger partial charge in [0.05, 0.1) is 19.6 Å². The molecule has 0 saturated heterocycles. The fourth-order valence-electron chi connectivity index (χ4n) is 1.84. The molecule has 0 radical (unpaired) electrons. The topological polar surface area (TPSA) is 75.8 Å². The molecule has 0 amide bonds. The lowest BCUT2D eigenvalue weighted by molar-refractivity contribution is -0.138. The van der Waals surface area contributed by atoms with Gasteiger partial charge in [-0.3, -0.25) is 4.79 Å². The van der Waals surface area contributed by atoms with Crippen LogP contribution in [0.3, 0.4) is 0 Å². The van der Waals surface area contributed by atoms with Crippen molar-refractivity contribution in [1.29, 1.82) is 0 Å². The highest BCUT2D eigenvalue weighted by Crippen LogP contribution is 2.22. The molecule has 1 rings (SSSR count). The number of nitrogens with two attached hydrogens (primary N) is 1. The van der Waals surface area contributed by atoms with E-state index in [0.29, 0.717) is 12.3 Å². The highest BCUT2D eigenvalue weighted by molar-refractivity contribution is 5.85. The van der Waals surface area contributed by atoms with Crippen molar-refractivity contribution in [3.8, 4) is 0 Å². The second-order valence-corrected chi connectivity index (χ2v) is 4.25. The van der Waals surface area contributed by atoms with Crippen LogP contribution in [-0.4, -0.2) is 30.8 Å². The maximum Gasteiger partial charge on any atom is 0.305 e. The number of carboxylic acid groups (broad SMARTS) is 1. The third-order valence-corrected chi connectivity index (χ3v) is 2.98. The molecule has 0 aromatic heterocycles. The van der Waals surface area contributed by atoms with E-state index in [1.807, 2.05) is 18.2 Å². The first kappa shape index (κ1) is 22.1. The van der Waals surface area contributed by atoms with Crippen LogP contribution in [0, 0.1) is 0 Å². The molecule has 3 N–H and O–H groups in total. The fourth-order valence-corrected chi connectivity index (χ4v) is 1.84. The van der Waals surface area contributed by atoms with Gasteiger partial charge in [0.25, 0.3) is 0 Å². The summed E-state index contributed by atoms with van der Waals surface area (Å²) in [4.78, 5) is 12.6. The number of ether oxygens (including phenoxy) is 1. The molecule has 0 spiro atoms. The lowest BCUT2D eigenvalue weighted by atomic mass is 10.1. The molecule has 0 aliphatic rings. The van der Waals surface area contributed by atoms with Crippen molar-refractivity contribution >= 4 is 42.2 Å². The molecule has 7 heteroatoms. The Hall–Kier alpha value is -1.17. The number of halogens is 2. The molecule has 0 fully saturated rings. The number of anilines is 2. The second-order valence-electron chi connectivity index (χ2n) is 4.25. The van der Waals surface area contributed by atoms with Gasteiger partial charge >= 0.3 is 5.97 Å². The van der Waals surface area contributed by atoms with Crippen molar-refractivity contribution in [1.82, 2.24) is 0 Å². The standard InChI is InChI=1S/C14H22N2O3.2ClH/c1-3-16(4-2)12-6-5-11(13(15)9-12)10-19-8-7-14(17)18;;/h5-6,9H,3-4,7-8,10,15H2,1-2H3,(H,17,18);2*1H. The van der Waals surface area contributed by atoms with E-state index in [-0.39, 0.29) is 37.8 Å². The van der Waals surface area contributed by atoms with Crippen LogP contribution >= 0.6 is 24.8 Å². The number of rotatable bonds is 8. The Bertz CT molecular complexity index is 427. The maximum absolute atomic E-state index is 10.4. The van der Waals surface area contributed by atoms with Gasteiger partial charge in [-0.15, -0.1) is 24.8 Å². The first-order valence-electron chi connectivity index (χ1n) is 6.51. The zero-order chi connectivity index (χ0) is 14.3. The van der Waals surface area contributed by atoms with E-state index in [0.717, 1.165) is 24.3 Å². The third kappa shape index (κ3) is 7.41. The van der Waals surface area contributed by atoms with Crippen molar-refractivity contribution in [2.75, 3.05) is 30.3 Å². The summed E-state index contributed by atoms with van der Waals surface area (Å²) in [7, 11) is 0. The average Bonchev–Trinajstić information content (AvgIpc) is 2.38. The predicted octanol–water partition coefficient (Wildman–Crippen LogP) is 2.95. The lowest BCUT2D eigenvalue weighted by Crippen LogP contribution is -2.21. The van der Waals surface area contributed by atoms with Gasteiger partial charge in [0, 0.05) is 30.0 Å². The predicted molar refractivity (Wildman–Crippen MR) is 90.8 cm³/mol. The van der Waals surface area contributed by atoms with Crippen molar-refractivity contribution in [2.24, 2.45) is 0 Å². The van der Waals surface area contributed by atoms with Crippen LogP contribution in [0.1, 0.15) is 25.8 Å². The summed E-state index contributed by atoms with van der Waals surface area (Å²) >= 11 is 0. The molecular weight excluding hydrogens is 315 g/mol. The van der Waals surface area contributed by atoms with Gasteiger partial charge in [-0.1, -0.05) is 6.07 Å². The summed E-state index contributed by atoms with van der Waals surface area (Å²) in [5, 5.41) is 8.51. The minimum absolute atomic E-state index is 0. The van der Waals surface area contributed by atoms with Gasteiger partial charge in [0.2, 0.25) is 0 Å². The monoisotopic (exact) mass is 338 g/mol. The molecule has 0 bridgehead atoms. The van der Waals surface area contributed by atoms with Crippen LogP contribution in [0.15, 0.2) is 18.2 Å². The Kier molecular flexibility index (Phi) is 12.1. The van der Waals surface area contributed by atoms with E-state index in [1.54, 1.807) is 0 Å². The Morgan fingerprint density at radius 3 is 2.38 bits per heavy atom. The van der Waals surface area contributed by atoms with Crippen LogP contribution in [0.4, 0.5) is 11.4 Å². The number of aliphatic carboxylic acids is 1. The molecule has 0 saturated carbocycles. The Morgan fingerprint density at radius 1 is 1.29 bits per heavy atom. The molecule has 5 nitrogen and oxygen atoms in total. The highest BCUT2D eigenvalue weighted by Gasteiger charge is 2.06. The van der Waals surface area contributed by atoms with E-state index in [2.05, 4.69) is 18.7 Å². The van der Waals surface area contributed by atoms with Crippen LogP contribution in [0.25, 0.3) is 0 Å². The number of hydrogen-bond donors (Lipinski definition) is 2. The minimum atomic E-state index is -0.857. The van der Waals surface area contributed by atoms with Crippen LogP contribution in [0.5, 0.6) is 0 Å². The van der Waals surface area contributed by atoms with Crippen LogP contribution < -0.4 is 10.6 Å². The van der Waals surface area contributed by atoms with Crippen LogP contribution in [0.2, 0.25) is 0 Å². The number of nitrogen functional groups attached to an aromatic ring is 1. The zero-order valence-electron chi connectivity index (χ0n) is 12.4. The number of nitrogens with zero attached hydrogens (tertiary/aromatic N) is 1. The first-order valence-corrected chi connectivity index (χ1v) is 6.51. The molecule has 0 unspecified atom stereocenters. The van der Waals surface area contributed by atoms with Crippen molar-refractivity contribution in [3.05, 3.63) is 23.8 Å². The van der Waals surface area contributed by atoms with Gasteiger partial charge in [0.1, 0.15) is 0 Å². The van der Waals surface area contributed by atoms with E-state index in [4.69, 9.17) is 15.6 Å². The minimum Gasteiger partial charge on any atom is -0.481 e. The fraction of sp³-hybridized carbons (Fsp3) is 0.500. The summed E-state index contributed by atoms with van der Waals surface area (Å²) in [6.07, 6.45) is 0.0113. The van der Waals surface area contributed by atoms with E-state index >= 15 is 0 Å². The maximum atomic E-state index is 10.4. The second kappa shape index (κ2) is 11.5. The van der Waals surface area contributed by atoms with Crippen molar-refractivity contribution in [2.45, 2.75) is 26.9 Å². The summed E-state index contributed by atoms with van der Waals surface area (Å²) in [5.41, 5.74) is 8.65. The van der Waals surface area contributed by atoms with Crippen molar-refractivity contribution in [3.63, 3.8) is 0 Å². The first-order chi connectivity index (χ1) is 9.08. The average molecular weight is 339 g/mol. The molecule has 0 heterocycles. The summed E-state index contributed by atoms with van der Waals surface area (Å²) in [6.45, 7) is 6.62. The third-order valence-electron chi connectivity index (χ3n) is 2.98. The number of carbonyl (C=O) groups is 1. The molecule has 21 heavy (non-hydrogen) atoms. The lowest BCUT2D eigenvalue weighted by Gasteiger charge is -2.22. The highest BCUT2D eigenvalue weighted by atomic mass is 35.5. The molecule has 122 valence electrons. The summed E-state index contributed by atoms with van der Waals surface area (Å²) in [5.74, 6) is -0.857. The molecule has 0 atom stereocenters. The SMILES string of the molecule is CCN(CC)c1ccc(COCCC(=O)O)c(N)c1.Cl.Cl. The molecule has 1 aromatic carbocycles. The molecule has 0 aliphatic carbocycles. The largest absolute Gasteiger partial charge is 0.481 e. The number of benzene rings is 1. The molecule has 1 aromatic rings. The number of hydrogen-bond acceptors (Lipinski definition) is 4. The molecular formula is C14H24Cl2N2O3. The van der Waals surface area contributed by atoms with Gasteiger partial charge in [-0.25, -0.2) is 0 Å². The quantitative estimate of drug-likeness (QED) is 0.563. The summed E-state index contributed by atoms with van der Waals surface area (Å²) < 4.78 is 5.29. The van der Waals surface area contributed by atoms with E-state index in [1.165, 1.54) is 0 Å². The summed E-state index contributed by atoms with van der Waals surface area (Å²) in [6, 6.07) is 5.88. The zero-order valence-corrected chi connectivity index (χ0v) is 14.0. The number of carboxylic acids is 1. The smallest absolute Gasteiger partial charge is 0.305 e. The van der Waals surface area contributed by atoms with Gasteiger partial charge in [0.15, 0.2) is 0 Å². The van der Waals surface area contributed by atoms with E-state index < -0.39 is 5.97 Å². The molecule has 0 aliphatic heterocycles. The van der Waals surface area contributed by atoms with Crippen molar-refractivity contribution < 1.29 is 14.6 Å². The van der Waals surface area contributed by atoms with Gasteiger partial charge < -0.3 is 20.5 Å². The normalized spacial score (nSPS) is 9.43. The Labute approximate surface area is 138 Å². The van der Waals surface area contributed by atoms with Gasteiger partial charge in [-0.05, 0) is 26.0 Å². The Balaban J connectivity index is 0.